The monoisotopic (exact) mass is 381 g/mol. The highest BCUT2D eigenvalue weighted by atomic mass is 19.4. The molecule has 2 heterocycles. The average Bonchev–Trinajstić information content (AvgIpc) is 3.22. The van der Waals surface area contributed by atoms with Crippen LogP contribution in [0.3, 0.4) is 0 Å². The van der Waals surface area contributed by atoms with E-state index in [1.54, 1.807) is 0 Å². The van der Waals surface area contributed by atoms with E-state index in [9.17, 15) is 18.0 Å². The minimum atomic E-state index is -5.08. The van der Waals surface area contributed by atoms with Gasteiger partial charge in [-0.2, -0.15) is 13.2 Å². The Morgan fingerprint density at radius 3 is 2.46 bits per heavy atom. The number of carbonyl (C=O) groups excluding carboxylic acids is 1. The van der Waals surface area contributed by atoms with Crippen LogP contribution in [-0.4, -0.2) is 72.6 Å². The van der Waals surface area contributed by atoms with E-state index < -0.39 is 12.1 Å². The van der Waals surface area contributed by atoms with Gasteiger partial charge in [0.1, 0.15) is 5.60 Å². The predicted octanol–water partition coefficient (Wildman–Crippen LogP) is 1.44. The summed E-state index contributed by atoms with van der Waals surface area (Å²) < 4.78 is 37.5. The summed E-state index contributed by atoms with van der Waals surface area (Å²) in [6.07, 6.45) is -2.71. The van der Waals surface area contributed by atoms with Gasteiger partial charge < -0.3 is 25.4 Å². The van der Waals surface area contributed by atoms with Gasteiger partial charge >= 0.3 is 18.2 Å². The topological polar surface area (TPSA) is 90.9 Å². The van der Waals surface area contributed by atoms with Gasteiger partial charge in [-0.25, -0.2) is 9.59 Å². The normalized spacial score (nSPS) is 26.6. The molecule has 3 aliphatic rings. The van der Waals surface area contributed by atoms with Gasteiger partial charge in [-0.3, -0.25) is 0 Å². The van der Waals surface area contributed by atoms with Gasteiger partial charge in [-0.15, -0.1) is 0 Å². The molecule has 2 aliphatic heterocycles. The third kappa shape index (κ3) is 5.73. The number of hydrogen-bond donors (Lipinski definition) is 3. The van der Waals surface area contributed by atoms with Crippen LogP contribution in [0.5, 0.6) is 0 Å². The van der Waals surface area contributed by atoms with Crippen molar-refractivity contribution in [3.63, 3.8) is 0 Å². The highest BCUT2D eigenvalue weighted by molar-refractivity contribution is 5.75. The minimum absolute atomic E-state index is 0.101. The maximum absolute atomic E-state index is 12.2. The molecule has 0 bridgehead atoms. The van der Waals surface area contributed by atoms with Crippen molar-refractivity contribution in [2.24, 2.45) is 11.8 Å². The molecule has 26 heavy (non-hydrogen) atoms. The van der Waals surface area contributed by atoms with Gasteiger partial charge in [0.15, 0.2) is 0 Å². The Kier molecular flexibility index (Phi) is 6.38. The summed E-state index contributed by atoms with van der Waals surface area (Å²) in [5, 5.41) is 13.5. The van der Waals surface area contributed by atoms with E-state index in [2.05, 4.69) is 24.5 Å². The van der Waals surface area contributed by atoms with E-state index in [4.69, 9.17) is 14.6 Å². The Morgan fingerprint density at radius 1 is 1.38 bits per heavy atom. The Morgan fingerprint density at radius 2 is 2.00 bits per heavy atom. The van der Waals surface area contributed by atoms with Gasteiger partial charge in [0, 0.05) is 25.7 Å². The number of amides is 2. The first-order valence-electron chi connectivity index (χ1n) is 8.73. The van der Waals surface area contributed by atoms with Crippen LogP contribution in [0.2, 0.25) is 0 Å². The Balaban J connectivity index is 0.000000298. The number of aliphatic carboxylic acids is 1. The number of morpholine rings is 1. The van der Waals surface area contributed by atoms with Crippen LogP contribution in [0.1, 0.15) is 26.7 Å². The first kappa shape index (κ1) is 20.8. The second-order valence-corrected chi connectivity index (χ2v) is 7.54. The van der Waals surface area contributed by atoms with Crippen molar-refractivity contribution in [1.29, 1.82) is 0 Å². The molecule has 3 rings (SSSR count). The van der Waals surface area contributed by atoms with Crippen LogP contribution in [0, 0.1) is 11.8 Å². The SMILES string of the molecule is CC(C)C[C@@H]1C[C@H]1NC(=O)N1CCOC2(CNC2)C1.O=C(O)C(F)(F)F. The zero-order valence-corrected chi connectivity index (χ0v) is 14.9. The standard InChI is InChI=1S/C14H25N3O2.C2HF3O2/c1-10(2)5-11-6-12(11)16-13(18)17-3-4-19-14(9-17)7-15-8-14;3-2(4,5)1(6)7/h10-12,15H,3-9H2,1-2H3,(H,16,18);(H,6,7)/t11-,12-;/m1./s1. The number of urea groups is 1. The summed E-state index contributed by atoms with van der Waals surface area (Å²) >= 11 is 0. The van der Waals surface area contributed by atoms with Crippen molar-refractivity contribution in [2.45, 2.75) is 44.5 Å². The molecule has 0 radical (unpaired) electrons. The molecular formula is C16H26F3N3O4. The lowest BCUT2D eigenvalue weighted by Crippen LogP contribution is -2.70. The van der Waals surface area contributed by atoms with Crippen LogP contribution in [0.4, 0.5) is 18.0 Å². The smallest absolute Gasteiger partial charge is 0.475 e. The fourth-order valence-corrected chi connectivity index (χ4v) is 3.18. The summed E-state index contributed by atoms with van der Waals surface area (Å²) in [5.41, 5.74) is -0.101. The molecule has 0 unspecified atom stereocenters. The zero-order chi connectivity index (χ0) is 19.5. The van der Waals surface area contributed by atoms with Gasteiger partial charge in [-0.1, -0.05) is 13.8 Å². The third-order valence-electron chi connectivity index (χ3n) is 4.68. The summed E-state index contributed by atoms with van der Waals surface area (Å²) in [6, 6.07) is 0.513. The first-order chi connectivity index (χ1) is 12.0. The lowest BCUT2D eigenvalue weighted by molar-refractivity contribution is -0.192. The number of halogens is 3. The van der Waals surface area contributed by atoms with Gasteiger partial charge in [0.2, 0.25) is 0 Å². The fourth-order valence-electron chi connectivity index (χ4n) is 3.18. The van der Waals surface area contributed by atoms with Crippen molar-refractivity contribution in [1.82, 2.24) is 15.5 Å². The van der Waals surface area contributed by atoms with Crippen molar-refractivity contribution >= 4 is 12.0 Å². The average molecular weight is 381 g/mol. The fraction of sp³-hybridized carbons (Fsp3) is 0.875. The highest BCUT2D eigenvalue weighted by Crippen LogP contribution is 2.36. The highest BCUT2D eigenvalue weighted by Gasteiger charge is 2.45. The molecule has 2 saturated heterocycles. The number of nitrogens with one attached hydrogen (secondary N) is 2. The van der Waals surface area contributed by atoms with E-state index >= 15 is 0 Å². The Hall–Kier alpha value is -1.55. The van der Waals surface area contributed by atoms with E-state index in [0.29, 0.717) is 18.6 Å². The number of carbonyl (C=O) groups is 2. The summed E-state index contributed by atoms with van der Waals surface area (Å²) in [5.74, 6) is -1.34. The number of nitrogens with zero attached hydrogens (tertiary/aromatic N) is 1. The quantitative estimate of drug-likeness (QED) is 0.688. The summed E-state index contributed by atoms with van der Waals surface area (Å²) in [7, 11) is 0. The summed E-state index contributed by atoms with van der Waals surface area (Å²) in [4.78, 5) is 23.1. The molecule has 10 heteroatoms. The molecular weight excluding hydrogens is 355 g/mol. The Bertz CT molecular complexity index is 523. The molecule has 0 aromatic rings. The largest absolute Gasteiger partial charge is 0.490 e. The number of ether oxygens (including phenoxy) is 1. The van der Waals surface area contributed by atoms with Gasteiger partial charge in [0.05, 0.1) is 13.2 Å². The molecule has 7 nitrogen and oxygen atoms in total. The number of hydrogen-bond acceptors (Lipinski definition) is 4. The molecule has 1 spiro atoms. The van der Waals surface area contributed by atoms with E-state index in [-0.39, 0.29) is 11.6 Å². The lowest BCUT2D eigenvalue weighted by Gasteiger charge is -2.48. The van der Waals surface area contributed by atoms with Crippen molar-refractivity contribution in [3.05, 3.63) is 0 Å². The molecule has 150 valence electrons. The van der Waals surface area contributed by atoms with E-state index in [0.717, 1.165) is 38.5 Å². The molecule has 3 fully saturated rings. The third-order valence-corrected chi connectivity index (χ3v) is 4.68. The van der Waals surface area contributed by atoms with E-state index in [1.807, 2.05) is 4.90 Å². The molecule has 2 atom stereocenters. The molecule has 1 saturated carbocycles. The summed E-state index contributed by atoms with van der Waals surface area (Å²) in [6.45, 7) is 8.34. The first-order valence-corrected chi connectivity index (χ1v) is 8.73. The maximum atomic E-state index is 12.2. The van der Waals surface area contributed by atoms with Crippen LogP contribution in [0.25, 0.3) is 0 Å². The number of alkyl halides is 3. The van der Waals surface area contributed by atoms with Crippen LogP contribution in [0.15, 0.2) is 0 Å². The van der Waals surface area contributed by atoms with Crippen LogP contribution < -0.4 is 10.6 Å². The number of carboxylic acids is 1. The number of carboxylic acid groups (broad SMARTS) is 1. The minimum Gasteiger partial charge on any atom is -0.475 e. The second kappa shape index (κ2) is 7.99. The van der Waals surface area contributed by atoms with Gasteiger partial charge in [-0.05, 0) is 24.7 Å². The zero-order valence-electron chi connectivity index (χ0n) is 14.9. The molecule has 3 N–H and O–H groups in total. The maximum Gasteiger partial charge on any atom is 0.490 e. The van der Waals surface area contributed by atoms with E-state index in [1.165, 1.54) is 6.42 Å². The van der Waals surface area contributed by atoms with Crippen molar-refractivity contribution in [3.8, 4) is 0 Å². The van der Waals surface area contributed by atoms with Crippen molar-refractivity contribution < 1.29 is 32.6 Å². The molecule has 0 aromatic carbocycles. The molecule has 0 aromatic heterocycles. The van der Waals surface area contributed by atoms with Crippen LogP contribution in [-0.2, 0) is 9.53 Å². The second-order valence-electron chi connectivity index (χ2n) is 7.54. The Labute approximate surface area is 150 Å². The molecule has 1 aliphatic carbocycles. The van der Waals surface area contributed by atoms with Crippen molar-refractivity contribution in [2.75, 3.05) is 32.8 Å². The van der Waals surface area contributed by atoms with Gasteiger partial charge in [0.25, 0.3) is 0 Å². The van der Waals surface area contributed by atoms with Crippen LogP contribution >= 0.6 is 0 Å². The lowest BCUT2D eigenvalue weighted by atomic mass is 9.95. The molecule has 2 amide bonds. The predicted molar refractivity (Wildman–Crippen MR) is 86.7 cm³/mol. The number of rotatable bonds is 3.